The number of rotatable bonds is 62. The van der Waals surface area contributed by atoms with E-state index >= 15 is 0 Å². The zero-order valence-electron chi connectivity index (χ0n) is 67.9. The fourth-order valence-corrected chi connectivity index (χ4v) is 39.5. The molecule has 16 unspecified atom stereocenters. The van der Waals surface area contributed by atoms with Gasteiger partial charge in [-0.25, -0.2) is 0 Å². The SMILES string of the molecule is CCC(C)O[Si](OC(C)CC)(OC(C)CC)O[Si](C)(O[Si](OC(C)CC)(OC(C)CC)OC(C)CC)O[Si](OC(C)CC)(OC(C)CC)O[Si](OC(C)CC)(OC(C)CC)O[Si](C)(O[Si](OC(C)CC)(OC(C)CC)OC(C)CC)O[Si](OC(C)CC)(OC(C)CC)OC(C)CC. The van der Waals surface area contributed by atoms with E-state index in [0.29, 0.717) is 103 Å². The van der Waals surface area contributed by atoms with Crippen LogP contribution in [0.25, 0.3) is 0 Å². The molecule has 0 aromatic rings. The van der Waals surface area contributed by atoms with E-state index in [-0.39, 0.29) is 0 Å². The Balaban J connectivity index is 11.0. The van der Waals surface area contributed by atoms with Crippen LogP contribution in [0.1, 0.15) is 324 Å². The highest BCUT2D eigenvalue weighted by molar-refractivity contribution is 6.86. The van der Waals surface area contributed by atoms with Gasteiger partial charge < -0.3 is 99.6 Å². The van der Waals surface area contributed by atoms with E-state index in [1.165, 1.54) is 0 Å². The van der Waals surface area contributed by atoms with E-state index in [1.807, 2.05) is 222 Å². The summed E-state index contributed by atoms with van der Waals surface area (Å²) in [4.78, 5) is 0. The first kappa shape index (κ1) is 97.8. The summed E-state index contributed by atoms with van der Waals surface area (Å²) in [5.74, 6) is 0. The molecule has 0 N–H and O–H groups in total. The van der Waals surface area contributed by atoms with Crippen LogP contribution in [-0.2, 0) is 99.6 Å². The Morgan fingerprint density at radius 2 is 0.227 bits per heavy atom. The first-order valence-electron chi connectivity index (χ1n) is 38.0. The van der Waals surface area contributed by atoms with Crippen LogP contribution in [0.5, 0.6) is 0 Å². The molecule has 0 saturated heterocycles. The summed E-state index contributed by atoms with van der Waals surface area (Å²) in [5.41, 5.74) is 0. The quantitative estimate of drug-likeness (QED) is 0.0518. The Bertz CT molecular complexity index is 1630. The molecule has 0 aliphatic carbocycles. The van der Waals surface area contributed by atoms with Crippen LogP contribution < -0.4 is 0 Å². The van der Waals surface area contributed by atoms with Crippen LogP contribution in [0.2, 0.25) is 13.1 Å². The molecule has 0 aliphatic rings. The third-order valence-electron chi connectivity index (χ3n) is 16.8. The molecule has 0 radical (unpaired) electrons. The molecule has 0 amide bonds. The highest BCUT2D eigenvalue weighted by Gasteiger charge is 2.74. The van der Waals surface area contributed by atoms with Gasteiger partial charge in [-0.3, -0.25) is 0 Å². The second-order valence-corrected chi connectivity index (χ2v) is 45.8. The van der Waals surface area contributed by atoms with Crippen LogP contribution in [0.4, 0.5) is 0 Å². The van der Waals surface area contributed by atoms with E-state index in [9.17, 15) is 0 Å². The zero-order chi connectivity index (χ0) is 74.8. The lowest BCUT2D eigenvalue weighted by Gasteiger charge is -2.47. The van der Waals surface area contributed by atoms with Crippen LogP contribution in [0.15, 0.2) is 0 Å². The zero-order valence-corrected chi connectivity index (χ0v) is 75.9. The molecule has 0 fully saturated rings. The van der Waals surface area contributed by atoms with Crippen molar-refractivity contribution in [1.82, 2.24) is 0 Å². The maximum atomic E-state index is 8.06. The minimum Gasteiger partial charge on any atom is -0.350 e. The average Bonchev–Trinajstić information content (AvgIpc) is 0.754. The minimum absolute atomic E-state index is 0.438. The monoisotopic (exact) mass is 1530 g/mol. The summed E-state index contributed by atoms with van der Waals surface area (Å²) in [5, 5.41) is 0. The maximum Gasteiger partial charge on any atom is 0.672 e. The lowest BCUT2D eigenvalue weighted by atomic mass is 10.3. The lowest BCUT2D eigenvalue weighted by Crippen LogP contribution is -2.75. The van der Waals surface area contributed by atoms with Gasteiger partial charge in [0.05, 0.1) is 0 Å². The standard InChI is InChI=1S/C66H150O23Si8/c1-35-51(17)67-92(68-52(18)36-2,69-53(19)37-3)83-90(33,84-93(70-54(20)38-4,71-55(21)39-5)72-56(22)40-6)87-96(79-63(29)47-13,80-64(30)48-14)89-97(81-65(31)49-15,82-66(32)50-16)88-91(34,85-94(73-57(23)41-7,74-58(24)42-8)75-59(25)43-9)86-95(76-60(26)44-10,77-61(27)45-11)78-62(28)46-12/h51-66H,35-50H2,1-34H3. The van der Waals surface area contributed by atoms with Crippen LogP contribution >= 0.6 is 0 Å². The fraction of sp³-hybridized carbons (Fsp3) is 1.00. The molecule has 0 heterocycles. The molecular weight excluding hydrogens is 1390 g/mol. The molecule has 0 saturated carbocycles. The van der Waals surface area contributed by atoms with Gasteiger partial charge >= 0.3 is 71.9 Å². The Morgan fingerprint density at radius 1 is 0.144 bits per heavy atom. The van der Waals surface area contributed by atoms with Gasteiger partial charge in [0.15, 0.2) is 0 Å². The van der Waals surface area contributed by atoms with E-state index < -0.39 is 170 Å². The molecule has 0 aromatic carbocycles. The molecule has 584 valence electrons. The molecule has 0 spiro atoms. The van der Waals surface area contributed by atoms with Crippen molar-refractivity contribution >= 4 is 71.9 Å². The first-order valence-corrected chi connectivity index (χ1v) is 52.2. The van der Waals surface area contributed by atoms with Crippen molar-refractivity contribution in [2.24, 2.45) is 0 Å². The molecule has 0 bridgehead atoms. The highest BCUT2D eigenvalue weighted by atomic mass is 28.6. The average molecular weight is 1540 g/mol. The molecule has 0 aromatic heterocycles. The van der Waals surface area contributed by atoms with Gasteiger partial charge in [-0.1, -0.05) is 111 Å². The second-order valence-electron chi connectivity index (χ2n) is 26.8. The van der Waals surface area contributed by atoms with Gasteiger partial charge in [0, 0.05) is 111 Å². The molecule has 31 heteroatoms. The van der Waals surface area contributed by atoms with Crippen LogP contribution in [0, 0.1) is 0 Å². The van der Waals surface area contributed by atoms with Crippen LogP contribution in [0.3, 0.4) is 0 Å². The van der Waals surface area contributed by atoms with Gasteiger partial charge in [-0.05, 0) is 214 Å². The summed E-state index contributed by atoms with van der Waals surface area (Å²) < 4.78 is 171. The Kier molecular flexibility index (Phi) is 48.6. The van der Waals surface area contributed by atoms with Gasteiger partial charge in [0.1, 0.15) is 0 Å². The van der Waals surface area contributed by atoms with Gasteiger partial charge in [0.25, 0.3) is 0 Å². The number of hydrogen-bond acceptors (Lipinski definition) is 23. The Labute approximate surface area is 603 Å². The van der Waals surface area contributed by atoms with Gasteiger partial charge in [-0.2, -0.15) is 0 Å². The van der Waals surface area contributed by atoms with E-state index in [2.05, 4.69) is 0 Å². The van der Waals surface area contributed by atoms with E-state index in [0.717, 1.165) is 0 Å². The highest BCUT2D eigenvalue weighted by Crippen LogP contribution is 2.41. The first-order chi connectivity index (χ1) is 45.2. The van der Waals surface area contributed by atoms with Gasteiger partial charge in [-0.15, -0.1) is 0 Å². The van der Waals surface area contributed by atoms with Crippen molar-refractivity contribution in [3.05, 3.63) is 0 Å². The molecule has 0 aliphatic heterocycles. The Hall–Kier alpha value is 0.815. The van der Waals surface area contributed by atoms with Gasteiger partial charge in [0.2, 0.25) is 0 Å². The smallest absolute Gasteiger partial charge is 0.350 e. The van der Waals surface area contributed by atoms with Crippen molar-refractivity contribution < 1.29 is 99.6 Å². The maximum absolute atomic E-state index is 8.06. The van der Waals surface area contributed by atoms with Crippen molar-refractivity contribution in [3.63, 3.8) is 0 Å². The molecule has 23 nitrogen and oxygen atoms in total. The normalized spacial score (nSPS) is 22.7. The van der Waals surface area contributed by atoms with Crippen molar-refractivity contribution in [1.29, 1.82) is 0 Å². The Morgan fingerprint density at radius 3 is 0.320 bits per heavy atom. The summed E-state index contributed by atoms with van der Waals surface area (Å²) in [7, 11) is -39.1. The largest absolute Gasteiger partial charge is 0.672 e. The summed E-state index contributed by atoms with van der Waals surface area (Å²) >= 11 is 0. The molecule has 16 atom stereocenters. The fourth-order valence-electron chi connectivity index (χ4n) is 7.83. The van der Waals surface area contributed by atoms with Crippen molar-refractivity contribution in [2.45, 2.75) is 435 Å². The summed E-state index contributed by atoms with van der Waals surface area (Å²) in [6, 6.07) is 0. The lowest BCUT2D eigenvalue weighted by molar-refractivity contribution is -0.109. The predicted molar refractivity (Wildman–Crippen MR) is 399 cm³/mol. The van der Waals surface area contributed by atoms with E-state index in [1.54, 1.807) is 13.1 Å². The van der Waals surface area contributed by atoms with Crippen molar-refractivity contribution in [2.75, 3.05) is 0 Å². The predicted octanol–water partition coefficient (Wildman–Crippen LogP) is 17.9. The topological polar surface area (TPSA) is 212 Å². The number of hydrogen-bond donors (Lipinski definition) is 0. The van der Waals surface area contributed by atoms with Crippen LogP contribution in [-0.4, -0.2) is 170 Å². The second kappa shape index (κ2) is 48.2. The third-order valence-corrected chi connectivity index (χ3v) is 44.8. The summed E-state index contributed by atoms with van der Waals surface area (Å²) in [6.45, 7) is 66.9. The molecule has 0 rings (SSSR count). The molecule has 97 heavy (non-hydrogen) atoms. The summed E-state index contributed by atoms with van der Waals surface area (Å²) in [6.07, 6.45) is 0.400. The van der Waals surface area contributed by atoms with Crippen molar-refractivity contribution in [3.8, 4) is 0 Å². The van der Waals surface area contributed by atoms with E-state index in [4.69, 9.17) is 99.6 Å². The molecular formula is C66H150O23Si8. The third kappa shape index (κ3) is 36.3. The minimum atomic E-state index is -5.34.